The van der Waals surface area contributed by atoms with E-state index in [-0.39, 0.29) is 17.8 Å². The third-order valence-corrected chi connectivity index (χ3v) is 3.59. The van der Waals surface area contributed by atoms with Gasteiger partial charge in [-0.2, -0.15) is 0 Å². The number of hydrogen-bond acceptors (Lipinski definition) is 6. The Bertz CT molecular complexity index is 633. The van der Waals surface area contributed by atoms with E-state index in [1.165, 1.54) is 22.2 Å². The van der Waals surface area contributed by atoms with Gasteiger partial charge in [-0.1, -0.05) is 5.21 Å². The summed E-state index contributed by atoms with van der Waals surface area (Å²) < 4.78 is 1.47. The van der Waals surface area contributed by atoms with Crippen molar-refractivity contribution in [3.05, 3.63) is 23.5 Å². The number of aromatic carboxylic acids is 1. The van der Waals surface area contributed by atoms with Crippen molar-refractivity contribution >= 4 is 28.5 Å². The van der Waals surface area contributed by atoms with Gasteiger partial charge in [0.1, 0.15) is 0 Å². The number of carbonyl (C=O) groups is 2. The average Bonchev–Trinajstić information content (AvgIpc) is 2.97. The number of aromatic nitrogens is 4. The molecule has 104 valence electrons. The van der Waals surface area contributed by atoms with Crippen LogP contribution in [0.1, 0.15) is 16.5 Å². The number of thiazole rings is 1. The largest absolute Gasteiger partial charge is 0.476 e. The Kier molecular flexibility index (Phi) is 3.06. The van der Waals surface area contributed by atoms with Crippen molar-refractivity contribution in [3.63, 3.8) is 0 Å². The van der Waals surface area contributed by atoms with E-state index in [9.17, 15) is 9.59 Å². The predicted octanol–water partition coefficient (Wildman–Crippen LogP) is 0.522. The zero-order chi connectivity index (χ0) is 14.1. The fourth-order valence-corrected chi connectivity index (χ4v) is 2.32. The second kappa shape index (κ2) is 4.89. The van der Waals surface area contributed by atoms with Gasteiger partial charge in [0.15, 0.2) is 10.8 Å². The Morgan fingerprint density at radius 2 is 2.25 bits per heavy atom. The first-order chi connectivity index (χ1) is 9.63. The predicted molar refractivity (Wildman–Crippen MR) is 68.7 cm³/mol. The molecule has 0 aromatic carbocycles. The molecule has 1 aliphatic heterocycles. The van der Waals surface area contributed by atoms with Gasteiger partial charge in [0.05, 0.1) is 12.2 Å². The van der Waals surface area contributed by atoms with E-state index >= 15 is 0 Å². The normalized spacial score (nSPS) is 14.9. The van der Waals surface area contributed by atoms with Crippen LogP contribution in [0.5, 0.6) is 0 Å². The number of carboxylic acids is 1. The highest BCUT2D eigenvalue weighted by molar-refractivity contribution is 7.13. The Balaban J connectivity index is 1.55. The van der Waals surface area contributed by atoms with Crippen molar-refractivity contribution in [1.29, 1.82) is 0 Å². The van der Waals surface area contributed by atoms with Gasteiger partial charge < -0.3 is 10.0 Å². The third-order valence-electron chi connectivity index (χ3n) is 2.90. The van der Waals surface area contributed by atoms with Gasteiger partial charge in [0.2, 0.25) is 0 Å². The number of rotatable bonds is 3. The molecule has 0 saturated carbocycles. The van der Waals surface area contributed by atoms with E-state index in [0.29, 0.717) is 18.2 Å². The van der Waals surface area contributed by atoms with Gasteiger partial charge in [-0.25, -0.2) is 19.3 Å². The van der Waals surface area contributed by atoms with Crippen LogP contribution in [0.2, 0.25) is 0 Å². The minimum absolute atomic E-state index is 0.0438. The van der Waals surface area contributed by atoms with Gasteiger partial charge in [-0.15, -0.1) is 16.4 Å². The molecular formula is C10H10N6O3S. The van der Waals surface area contributed by atoms with Crippen LogP contribution in [0.3, 0.4) is 0 Å². The number of nitrogens with one attached hydrogen (secondary N) is 1. The quantitative estimate of drug-likeness (QED) is 0.853. The Morgan fingerprint density at radius 3 is 2.85 bits per heavy atom. The van der Waals surface area contributed by atoms with Crippen molar-refractivity contribution in [2.24, 2.45) is 0 Å². The van der Waals surface area contributed by atoms with Gasteiger partial charge in [-0.3, -0.25) is 5.32 Å². The molecule has 0 radical (unpaired) electrons. The summed E-state index contributed by atoms with van der Waals surface area (Å²) in [5.74, 6) is -1.12. The molecule has 2 N–H and O–H groups in total. The average molecular weight is 294 g/mol. The molecule has 3 heterocycles. The summed E-state index contributed by atoms with van der Waals surface area (Å²) in [7, 11) is 0. The highest BCUT2D eigenvalue weighted by atomic mass is 32.1. The number of likely N-dealkylation sites (tertiary alicyclic amines) is 1. The van der Waals surface area contributed by atoms with Crippen LogP contribution in [0.25, 0.3) is 0 Å². The first-order valence-electron chi connectivity index (χ1n) is 5.74. The molecule has 2 aromatic rings. The van der Waals surface area contributed by atoms with Crippen LogP contribution in [-0.4, -0.2) is 55.1 Å². The van der Waals surface area contributed by atoms with E-state index in [1.807, 2.05) is 0 Å². The highest BCUT2D eigenvalue weighted by Crippen LogP contribution is 2.22. The van der Waals surface area contributed by atoms with Gasteiger partial charge in [-0.05, 0) is 0 Å². The van der Waals surface area contributed by atoms with Crippen molar-refractivity contribution in [1.82, 2.24) is 24.9 Å². The lowest BCUT2D eigenvalue weighted by atomic mass is 10.1. The third kappa shape index (κ3) is 2.32. The minimum Gasteiger partial charge on any atom is -0.476 e. The minimum atomic E-state index is -1.12. The van der Waals surface area contributed by atoms with Crippen LogP contribution >= 0.6 is 11.3 Å². The molecule has 1 aliphatic rings. The zero-order valence-corrected chi connectivity index (χ0v) is 10.9. The van der Waals surface area contributed by atoms with Crippen molar-refractivity contribution in [3.8, 4) is 0 Å². The second-order valence-electron chi connectivity index (χ2n) is 4.22. The number of hydrogen-bond donors (Lipinski definition) is 2. The van der Waals surface area contributed by atoms with E-state index in [0.717, 1.165) is 0 Å². The maximum Gasteiger partial charge on any atom is 0.358 e. The van der Waals surface area contributed by atoms with Crippen molar-refractivity contribution < 1.29 is 14.7 Å². The molecule has 1 fully saturated rings. The smallest absolute Gasteiger partial charge is 0.358 e. The molecule has 1 saturated heterocycles. The van der Waals surface area contributed by atoms with Crippen molar-refractivity contribution in [2.45, 2.75) is 6.04 Å². The number of carboxylic acid groups (broad SMARTS) is 1. The number of anilines is 1. The standard InChI is InChI=1S/C10H10N6O3S/c17-8(18)7-5-16(14-13-7)6-3-15(4-6)10(19)12-9-11-1-2-20-9/h1-2,5-6H,3-4H2,(H,17,18)(H,11,12,19). The van der Waals surface area contributed by atoms with Gasteiger partial charge in [0.25, 0.3) is 0 Å². The molecule has 0 bridgehead atoms. The zero-order valence-electron chi connectivity index (χ0n) is 10.1. The van der Waals surface area contributed by atoms with Gasteiger partial charge in [0, 0.05) is 24.7 Å². The summed E-state index contributed by atoms with van der Waals surface area (Å²) in [4.78, 5) is 28.1. The monoisotopic (exact) mass is 294 g/mol. The fraction of sp³-hybridized carbons (Fsp3) is 0.300. The Hall–Kier alpha value is -2.49. The topological polar surface area (TPSA) is 113 Å². The summed E-state index contributed by atoms with van der Waals surface area (Å²) in [5, 5.41) is 21.0. The summed E-state index contributed by atoms with van der Waals surface area (Å²) in [6, 6.07) is -0.271. The fourth-order valence-electron chi connectivity index (χ4n) is 1.80. The molecule has 20 heavy (non-hydrogen) atoms. The van der Waals surface area contributed by atoms with Crippen molar-refractivity contribution in [2.75, 3.05) is 18.4 Å². The Labute approximate surface area is 116 Å². The molecule has 0 spiro atoms. The maximum absolute atomic E-state index is 11.8. The number of urea groups is 1. The van der Waals surface area contributed by atoms with E-state index in [4.69, 9.17) is 5.11 Å². The van der Waals surface area contributed by atoms with Crippen LogP contribution in [0.4, 0.5) is 9.93 Å². The summed E-state index contributed by atoms with van der Waals surface area (Å²) >= 11 is 1.34. The lowest BCUT2D eigenvalue weighted by Gasteiger charge is -2.38. The molecule has 2 aromatic heterocycles. The molecule has 10 heteroatoms. The Morgan fingerprint density at radius 1 is 1.45 bits per heavy atom. The summed E-state index contributed by atoms with van der Waals surface area (Å²) in [6.07, 6.45) is 2.98. The number of amides is 2. The van der Waals surface area contributed by atoms with E-state index in [1.54, 1.807) is 16.5 Å². The molecule has 9 nitrogen and oxygen atoms in total. The molecule has 0 aliphatic carbocycles. The molecule has 0 atom stereocenters. The first-order valence-corrected chi connectivity index (χ1v) is 6.62. The van der Waals surface area contributed by atoms with Crippen LogP contribution < -0.4 is 5.32 Å². The first kappa shape index (κ1) is 12.5. The number of nitrogens with zero attached hydrogens (tertiary/aromatic N) is 5. The van der Waals surface area contributed by atoms with Crippen LogP contribution in [0, 0.1) is 0 Å². The summed E-state index contributed by atoms with van der Waals surface area (Å²) in [6.45, 7) is 0.916. The molecule has 3 rings (SSSR count). The lowest BCUT2D eigenvalue weighted by molar-refractivity contribution is 0.0690. The molecule has 0 unspecified atom stereocenters. The SMILES string of the molecule is O=C(O)c1cn(C2CN(C(=O)Nc3nccs3)C2)nn1. The van der Waals surface area contributed by atoms with Crippen LogP contribution in [0.15, 0.2) is 17.8 Å². The van der Waals surface area contributed by atoms with E-state index < -0.39 is 5.97 Å². The molecule has 2 amide bonds. The second-order valence-corrected chi connectivity index (χ2v) is 5.11. The highest BCUT2D eigenvalue weighted by Gasteiger charge is 2.33. The van der Waals surface area contributed by atoms with E-state index in [2.05, 4.69) is 20.6 Å². The summed E-state index contributed by atoms with van der Waals surface area (Å²) in [5.41, 5.74) is -0.101. The lowest BCUT2D eigenvalue weighted by Crippen LogP contribution is -2.52. The van der Waals surface area contributed by atoms with Crippen LogP contribution in [-0.2, 0) is 0 Å². The maximum atomic E-state index is 11.8. The van der Waals surface area contributed by atoms with Gasteiger partial charge >= 0.3 is 12.0 Å². The molecular weight excluding hydrogens is 284 g/mol. The number of carbonyl (C=O) groups excluding carboxylic acids is 1.